The van der Waals surface area contributed by atoms with Crippen molar-refractivity contribution in [3.05, 3.63) is 48.6 Å². The van der Waals surface area contributed by atoms with Gasteiger partial charge in [0.15, 0.2) is 5.76 Å². The molecule has 2 aromatic heterocycles. The zero-order valence-electron chi connectivity index (χ0n) is 11.9. The molecule has 2 N–H and O–H groups in total. The maximum absolute atomic E-state index is 12.3. The van der Waals surface area contributed by atoms with Crippen LogP contribution in [0.4, 0.5) is 5.82 Å². The van der Waals surface area contributed by atoms with Crippen molar-refractivity contribution in [1.82, 2.24) is 10.3 Å². The van der Waals surface area contributed by atoms with Crippen LogP contribution < -0.4 is 10.6 Å². The van der Waals surface area contributed by atoms with E-state index in [1.807, 2.05) is 13.8 Å². The number of nitrogens with zero attached hydrogens (tertiary/aromatic N) is 1. The van der Waals surface area contributed by atoms with Crippen LogP contribution in [-0.2, 0) is 4.79 Å². The van der Waals surface area contributed by atoms with Gasteiger partial charge in [-0.15, -0.1) is 0 Å². The lowest BCUT2D eigenvalue weighted by atomic mass is 10.0. The Morgan fingerprint density at radius 3 is 2.57 bits per heavy atom. The van der Waals surface area contributed by atoms with Crippen LogP contribution in [0.2, 0.25) is 0 Å². The summed E-state index contributed by atoms with van der Waals surface area (Å²) in [4.78, 5) is 28.3. The van der Waals surface area contributed by atoms with E-state index in [1.54, 1.807) is 36.5 Å². The van der Waals surface area contributed by atoms with Crippen LogP contribution in [0.25, 0.3) is 0 Å². The summed E-state index contributed by atoms with van der Waals surface area (Å²) in [5, 5.41) is 5.34. The molecule has 6 nitrogen and oxygen atoms in total. The average Bonchev–Trinajstić information content (AvgIpc) is 2.99. The number of hydrogen-bond donors (Lipinski definition) is 2. The number of amides is 2. The first kappa shape index (κ1) is 14.8. The van der Waals surface area contributed by atoms with E-state index in [9.17, 15) is 9.59 Å². The van der Waals surface area contributed by atoms with E-state index in [2.05, 4.69) is 15.6 Å². The number of carbonyl (C=O) groups excluding carboxylic acids is 2. The second-order valence-corrected chi connectivity index (χ2v) is 4.88. The van der Waals surface area contributed by atoms with Crippen LogP contribution >= 0.6 is 0 Å². The predicted molar refractivity (Wildman–Crippen MR) is 77.7 cm³/mol. The Bertz CT molecular complexity index is 594. The van der Waals surface area contributed by atoms with E-state index in [-0.39, 0.29) is 17.6 Å². The summed E-state index contributed by atoms with van der Waals surface area (Å²) >= 11 is 0. The van der Waals surface area contributed by atoms with Crippen molar-refractivity contribution in [2.75, 3.05) is 5.32 Å². The van der Waals surface area contributed by atoms with E-state index in [0.717, 1.165) is 0 Å². The Morgan fingerprint density at radius 1 is 1.19 bits per heavy atom. The Kier molecular flexibility index (Phi) is 4.71. The van der Waals surface area contributed by atoms with Gasteiger partial charge in [-0.3, -0.25) is 9.59 Å². The lowest BCUT2D eigenvalue weighted by Crippen LogP contribution is -2.47. The fourth-order valence-electron chi connectivity index (χ4n) is 1.80. The van der Waals surface area contributed by atoms with Crippen LogP contribution in [0.1, 0.15) is 24.4 Å². The molecule has 0 saturated carbocycles. The maximum atomic E-state index is 12.3. The lowest BCUT2D eigenvalue weighted by molar-refractivity contribution is -0.118. The molecule has 2 heterocycles. The molecule has 110 valence electrons. The van der Waals surface area contributed by atoms with Crippen molar-refractivity contribution >= 4 is 17.6 Å². The average molecular weight is 287 g/mol. The number of hydrogen-bond acceptors (Lipinski definition) is 4. The Hall–Kier alpha value is -2.63. The summed E-state index contributed by atoms with van der Waals surface area (Å²) in [7, 11) is 0. The van der Waals surface area contributed by atoms with E-state index in [4.69, 9.17) is 4.42 Å². The van der Waals surface area contributed by atoms with Crippen molar-refractivity contribution in [3.8, 4) is 0 Å². The smallest absolute Gasteiger partial charge is 0.287 e. The monoisotopic (exact) mass is 287 g/mol. The molecule has 0 aliphatic rings. The Morgan fingerprint density at radius 2 is 2.00 bits per heavy atom. The van der Waals surface area contributed by atoms with Gasteiger partial charge in [0.1, 0.15) is 11.9 Å². The van der Waals surface area contributed by atoms with Crippen molar-refractivity contribution in [2.24, 2.45) is 5.92 Å². The highest BCUT2D eigenvalue weighted by Crippen LogP contribution is 2.08. The molecule has 0 aliphatic heterocycles. The number of carbonyl (C=O) groups is 2. The molecule has 0 aromatic carbocycles. The summed E-state index contributed by atoms with van der Waals surface area (Å²) in [5.41, 5.74) is 0. The normalized spacial score (nSPS) is 12.0. The number of pyridine rings is 1. The molecule has 0 spiro atoms. The first-order valence-corrected chi connectivity index (χ1v) is 6.64. The van der Waals surface area contributed by atoms with Crippen LogP contribution in [0, 0.1) is 5.92 Å². The van der Waals surface area contributed by atoms with Crippen LogP contribution in [0.5, 0.6) is 0 Å². The highest BCUT2D eigenvalue weighted by Gasteiger charge is 2.25. The summed E-state index contributed by atoms with van der Waals surface area (Å²) in [6, 6.07) is 7.70. The van der Waals surface area contributed by atoms with Gasteiger partial charge in [-0.25, -0.2) is 4.98 Å². The fraction of sp³-hybridized carbons (Fsp3) is 0.267. The van der Waals surface area contributed by atoms with E-state index in [1.165, 1.54) is 6.26 Å². The van der Waals surface area contributed by atoms with Gasteiger partial charge in [0.2, 0.25) is 5.91 Å². The molecule has 2 amide bonds. The zero-order chi connectivity index (χ0) is 15.2. The first-order chi connectivity index (χ1) is 10.1. The van der Waals surface area contributed by atoms with E-state index >= 15 is 0 Å². The first-order valence-electron chi connectivity index (χ1n) is 6.64. The van der Waals surface area contributed by atoms with Crippen LogP contribution in [0.15, 0.2) is 47.2 Å². The number of anilines is 1. The molecular formula is C15H17N3O3. The minimum atomic E-state index is -0.676. The molecule has 0 bridgehead atoms. The summed E-state index contributed by atoms with van der Waals surface area (Å²) < 4.78 is 5.02. The maximum Gasteiger partial charge on any atom is 0.287 e. The second-order valence-electron chi connectivity index (χ2n) is 4.88. The number of rotatable bonds is 5. The fourth-order valence-corrected chi connectivity index (χ4v) is 1.80. The molecule has 21 heavy (non-hydrogen) atoms. The Labute approximate surface area is 122 Å². The van der Waals surface area contributed by atoms with E-state index in [0.29, 0.717) is 5.82 Å². The van der Waals surface area contributed by atoms with Crippen molar-refractivity contribution in [2.45, 2.75) is 19.9 Å². The minimum absolute atomic E-state index is 0.0763. The third kappa shape index (κ3) is 3.92. The molecule has 2 rings (SSSR count). The van der Waals surface area contributed by atoms with Gasteiger partial charge >= 0.3 is 0 Å². The van der Waals surface area contributed by atoms with Gasteiger partial charge in [0.05, 0.1) is 6.26 Å². The SMILES string of the molecule is CC(C)[C@H](NC(=O)c1ccco1)C(=O)Nc1ccccn1. The number of furan rings is 1. The lowest BCUT2D eigenvalue weighted by Gasteiger charge is -2.20. The van der Waals surface area contributed by atoms with Gasteiger partial charge in [-0.05, 0) is 30.2 Å². The van der Waals surface area contributed by atoms with Crippen LogP contribution in [-0.4, -0.2) is 22.8 Å². The standard InChI is InChI=1S/C15H17N3O3/c1-10(2)13(18-14(19)11-6-5-9-21-11)15(20)17-12-7-3-4-8-16-12/h3-10,13H,1-2H3,(H,18,19)(H,16,17,20)/t13-/m0/s1. The third-order valence-corrected chi connectivity index (χ3v) is 2.90. The molecule has 2 aromatic rings. The molecular weight excluding hydrogens is 270 g/mol. The third-order valence-electron chi connectivity index (χ3n) is 2.90. The predicted octanol–water partition coefficient (Wildman–Crippen LogP) is 2.07. The van der Waals surface area contributed by atoms with Crippen LogP contribution in [0.3, 0.4) is 0 Å². The molecule has 0 saturated heterocycles. The second kappa shape index (κ2) is 6.69. The van der Waals surface area contributed by atoms with Crippen molar-refractivity contribution in [3.63, 3.8) is 0 Å². The largest absolute Gasteiger partial charge is 0.459 e. The number of nitrogens with one attached hydrogen (secondary N) is 2. The molecule has 6 heteroatoms. The summed E-state index contributed by atoms with van der Waals surface area (Å²) in [6.07, 6.45) is 2.99. The molecule has 0 fully saturated rings. The zero-order valence-corrected chi connectivity index (χ0v) is 11.9. The summed E-state index contributed by atoms with van der Waals surface area (Å²) in [5.74, 6) is -0.196. The highest BCUT2D eigenvalue weighted by molar-refractivity contribution is 5.99. The summed E-state index contributed by atoms with van der Waals surface area (Å²) in [6.45, 7) is 3.70. The molecule has 0 unspecified atom stereocenters. The quantitative estimate of drug-likeness (QED) is 0.881. The van der Waals surface area contributed by atoms with Gasteiger partial charge in [-0.1, -0.05) is 19.9 Å². The van der Waals surface area contributed by atoms with Crippen molar-refractivity contribution < 1.29 is 14.0 Å². The topological polar surface area (TPSA) is 84.2 Å². The van der Waals surface area contributed by atoms with Gasteiger partial charge in [0.25, 0.3) is 5.91 Å². The molecule has 1 atom stereocenters. The van der Waals surface area contributed by atoms with Gasteiger partial charge < -0.3 is 15.1 Å². The molecule has 0 radical (unpaired) electrons. The van der Waals surface area contributed by atoms with Gasteiger partial charge in [0, 0.05) is 6.20 Å². The van der Waals surface area contributed by atoms with Crippen molar-refractivity contribution in [1.29, 1.82) is 0 Å². The van der Waals surface area contributed by atoms with Gasteiger partial charge in [-0.2, -0.15) is 0 Å². The number of aromatic nitrogens is 1. The highest BCUT2D eigenvalue weighted by atomic mass is 16.3. The molecule has 0 aliphatic carbocycles. The Balaban J connectivity index is 2.05. The minimum Gasteiger partial charge on any atom is -0.459 e. The van der Waals surface area contributed by atoms with E-state index < -0.39 is 11.9 Å².